The Kier molecular flexibility index (Phi) is 5.27. The molecule has 1 aromatic carbocycles. The maximum Gasteiger partial charge on any atom is 0.335 e. The van der Waals surface area contributed by atoms with Gasteiger partial charge in [0.2, 0.25) is 5.91 Å². The number of thiazole rings is 1. The number of carboxylic acids is 2. The summed E-state index contributed by atoms with van der Waals surface area (Å²) in [6.07, 6.45) is -0.0249. The van der Waals surface area contributed by atoms with E-state index >= 15 is 0 Å². The van der Waals surface area contributed by atoms with E-state index in [1.807, 2.05) is 0 Å². The van der Waals surface area contributed by atoms with Crippen LogP contribution in [0.25, 0.3) is 0 Å². The molecule has 126 valence electrons. The molecule has 0 saturated heterocycles. The highest BCUT2D eigenvalue weighted by Gasteiger charge is 2.14. The van der Waals surface area contributed by atoms with Crippen molar-refractivity contribution < 1.29 is 24.6 Å². The SMILES string of the molecule is CC(N)c1nc(CC(=O)Nc2cc(C(=O)O)cc(C(=O)O)c2)cs1. The van der Waals surface area contributed by atoms with Gasteiger partial charge in [-0.05, 0) is 25.1 Å². The number of nitrogens with two attached hydrogens (primary N) is 1. The average molecular weight is 349 g/mol. The van der Waals surface area contributed by atoms with Crippen molar-refractivity contribution in [2.45, 2.75) is 19.4 Å². The number of carbonyl (C=O) groups excluding carboxylic acids is 1. The molecule has 1 heterocycles. The maximum atomic E-state index is 12.1. The second-order valence-electron chi connectivity index (χ2n) is 5.10. The van der Waals surface area contributed by atoms with Crippen molar-refractivity contribution in [2.75, 3.05) is 5.32 Å². The minimum absolute atomic E-state index is 0.0249. The first-order valence-corrected chi connectivity index (χ1v) is 7.75. The number of rotatable bonds is 6. The van der Waals surface area contributed by atoms with Gasteiger partial charge in [-0.3, -0.25) is 4.79 Å². The van der Waals surface area contributed by atoms with Gasteiger partial charge in [-0.25, -0.2) is 14.6 Å². The molecule has 1 unspecified atom stereocenters. The van der Waals surface area contributed by atoms with E-state index in [2.05, 4.69) is 10.3 Å². The van der Waals surface area contributed by atoms with Crippen LogP contribution in [0.1, 0.15) is 44.4 Å². The predicted molar refractivity (Wildman–Crippen MR) is 87.4 cm³/mol. The quantitative estimate of drug-likeness (QED) is 0.622. The molecule has 8 nitrogen and oxygen atoms in total. The molecule has 2 aromatic rings. The zero-order valence-corrected chi connectivity index (χ0v) is 13.5. The number of hydrogen-bond acceptors (Lipinski definition) is 6. The molecule has 1 atom stereocenters. The number of nitrogens with zero attached hydrogens (tertiary/aromatic N) is 1. The van der Waals surface area contributed by atoms with Crippen LogP contribution in [0.5, 0.6) is 0 Å². The highest BCUT2D eigenvalue weighted by molar-refractivity contribution is 7.09. The number of nitrogens with one attached hydrogen (secondary N) is 1. The molecule has 0 bridgehead atoms. The Morgan fingerprint density at radius 1 is 1.21 bits per heavy atom. The van der Waals surface area contributed by atoms with E-state index in [4.69, 9.17) is 15.9 Å². The van der Waals surface area contributed by atoms with E-state index in [0.29, 0.717) is 10.7 Å². The molecule has 0 spiro atoms. The first-order chi connectivity index (χ1) is 11.3. The number of benzene rings is 1. The fraction of sp³-hybridized carbons (Fsp3) is 0.200. The van der Waals surface area contributed by atoms with Gasteiger partial charge in [0.1, 0.15) is 5.01 Å². The lowest BCUT2D eigenvalue weighted by molar-refractivity contribution is -0.115. The van der Waals surface area contributed by atoms with Crippen LogP contribution in [-0.4, -0.2) is 33.0 Å². The lowest BCUT2D eigenvalue weighted by Gasteiger charge is -2.07. The van der Waals surface area contributed by atoms with Crippen molar-refractivity contribution in [3.05, 3.63) is 45.4 Å². The average Bonchev–Trinajstić information content (AvgIpc) is 2.95. The fourth-order valence-corrected chi connectivity index (χ4v) is 2.71. The Morgan fingerprint density at radius 3 is 2.25 bits per heavy atom. The minimum Gasteiger partial charge on any atom is -0.478 e. The number of carboxylic acid groups (broad SMARTS) is 2. The zero-order valence-electron chi connectivity index (χ0n) is 12.6. The molecular formula is C15H15N3O5S. The van der Waals surface area contributed by atoms with Gasteiger partial charge in [-0.2, -0.15) is 0 Å². The molecule has 0 fully saturated rings. The van der Waals surface area contributed by atoms with Gasteiger partial charge in [-0.15, -0.1) is 11.3 Å². The van der Waals surface area contributed by atoms with Crippen LogP contribution in [0.4, 0.5) is 5.69 Å². The molecule has 1 aromatic heterocycles. The molecule has 0 saturated carbocycles. The highest BCUT2D eigenvalue weighted by atomic mass is 32.1. The molecule has 2 rings (SSSR count). The molecule has 0 aliphatic heterocycles. The third-order valence-electron chi connectivity index (χ3n) is 3.01. The van der Waals surface area contributed by atoms with E-state index in [1.54, 1.807) is 12.3 Å². The van der Waals surface area contributed by atoms with E-state index in [-0.39, 0.29) is 29.3 Å². The van der Waals surface area contributed by atoms with Crippen LogP contribution in [-0.2, 0) is 11.2 Å². The van der Waals surface area contributed by atoms with Gasteiger partial charge >= 0.3 is 11.9 Å². The first-order valence-electron chi connectivity index (χ1n) is 6.87. The van der Waals surface area contributed by atoms with Gasteiger partial charge in [0.25, 0.3) is 0 Å². The molecule has 0 radical (unpaired) electrons. The Hall–Kier alpha value is -2.78. The van der Waals surface area contributed by atoms with E-state index in [9.17, 15) is 14.4 Å². The van der Waals surface area contributed by atoms with Crippen molar-refractivity contribution in [1.82, 2.24) is 4.98 Å². The van der Waals surface area contributed by atoms with E-state index in [0.717, 1.165) is 6.07 Å². The summed E-state index contributed by atoms with van der Waals surface area (Å²) in [5.41, 5.74) is 5.90. The summed E-state index contributed by atoms with van der Waals surface area (Å²) in [5, 5.41) is 22.9. The van der Waals surface area contributed by atoms with Crippen LogP contribution < -0.4 is 11.1 Å². The predicted octanol–water partition coefficient (Wildman–Crippen LogP) is 1.74. The molecule has 0 aliphatic carbocycles. The third kappa shape index (κ3) is 4.37. The van der Waals surface area contributed by atoms with E-state index < -0.39 is 17.8 Å². The smallest absolute Gasteiger partial charge is 0.335 e. The van der Waals surface area contributed by atoms with Crippen molar-refractivity contribution in [1.29, 1.82) is 0 Å². The van der Waals surface area contributed by atoms with E-state index in [1.165, 1.54) is 23.5 Å². The van der Waals surface area contributed by atoms with Crippen LogP contribution in [0.2, 0.25) is 0 Å². The summed E-state index contributed by atoms with van der Waals surface area (Å²) in [7, 11) is 0. The molecule has 5 N–H and O–H groups in total. The molecule has 24 heavy (non-hydrogen) atoms. The highest BCUT2D eigenvalue weighted by Crippen LogP contribution is 2.18. The maximum absolute atomic E-state index is 12.1. The second-order valence-corrected chi connectivity index (χ2v) is 5.99. The van der Waals surface area contributed by atoms with Crippen molar-refractivity contribution in [3.63, 3.8) is 0 Å². The normalized spacial score (nSPS) is 11.8. The summed E-state index contributed by atoms with van der Waals surface area (Å²) in [6.45, 7) is 1.79. The first kappa shape index (κ1) is 17.6. The molecule has 1 amide bonds. The number of amides is 1. The second kappa shape index (κ2) is 7.20. The standard InChI is InChI=1S/C15H15N3O5S/c1-7(16)13-18-11(6-24-13)5-12(19)17-10-3-8(14(20)21)2-9(4-10)15(22)23/h2-4,6-7H,5,16H2,1H3,(H,17,19)(H,20,21)(H,22,23). The lowest BCUT2D eigenvalue weighted by atomic mass is 10.1. The molecule has 9 heteroatoms. The van der Waals surface area contributed by atoms with Gasteiger partial charge in [-0.1, -0.05) is 0 Å². The Labute approximate surface area is 141 Å². The third-order valence-corrected chi connectivity index (χ3v) is 4.11. The van der Waals surface area contributed by atoms with Gasteiger partial charge < -0.3 is 21.3 Å². The summed E-state index contributed by atoms with van der Waals surface area (Å²) in [5.74, 6) is -3.00. The lowest BCUT2D eigenvalue weighted by Crippen LogP contribution is -2.16. The summed E-state index contributed by atoms with van der Waals surface area (Å²) < 4.78 is 0. The van der Waals surface area contributed by atoms with Crippen molar-refractivity contribution in [2.24, 2.45) is 5.73 Å². The number of hydrogen-bond donors (Lipinski definition) is 4. The van der Waals surface area contributed by atoms with Crippen LogP contribution in [0.15, 0.2) is 23.6 Å². The van der Waals surface area contributed by atoms with Crippen molar-refractivity contribution >= 4 is 34.9 Å². The topological polar surface area (TPSA) is 143 Å². The minimum atomic E-state index is -1.28. The Balaban J connectivity index is 2.15. The summed E-state index contributed by atoms with van der Waals surface area (Å²) in [6, 6.07) is 3.19. The van der Waals surface area contributed by atoms with Gasteiger partial charge in [0, 0.05) is 11.1 Å². The fourth-order valence-electron chi connectivity index (χ4n) is 1.93. The molecular weight excluding hydrogens is 334 g/mol. The molecule has 0 aliphatic rings. The van der Waals surface area contributed by atoms with Gasteiger partial charge in [0.15, 0.2) is 0 Å². The monoisotopic (exact) mass is 349 g/mol. The van der Waals surface area contributed by atoms with Crippen LogP contribution in [0, 0.1) is 0 Å². The summed E-state index contributed by atoms with van der Waals surface area (Å²) in [4.78, 5) is 38.4. The van der Waals surface area contributed by atoms with Crippen LogP contribution >= 0.6 is 11.3 Å². The Morgan fingerprint density at radius 2 is 1.79 bits per heavy atom. The largest absolute Gasteiger partial charge is 0.478 e. The summed E-state index contributed by atoms with van der Waals surface area (Å²) >= 11 is 1.35. The van der Waals surface area contributed by atoms with Crippen LogP contribution in [0.3, 0.4) is 0 Å². The number of aromatic nitrogens is 1. The zero-order chi connectivity index (χ0) is 17.9. The number of aromatic carboxylic acids is 2. The van der Waals surface area contributed by atoms with Gasteiger partial charge in [0.05, 0.1) is 29.3 Å². The number of carbonyl (C=O) groups is 3. The van der Waals surface area contributed by atoms with Crippen molar-refractivity contribution in [3.8, 4) is 0 Å². The number of anilines is 1. The Bertz CT molecular complexity index is 768.